The lowest BCUT2D eigenvalue weighted by Crippen LogP contribution is -1.99. The molecule has 54 valence electrons. The van der Waals surface area contributed by atoms with E-state index in [9.17, 15) is 0 Å². The van der Waals surface area contributed by atoms with Gasteiger partial charge < -0.3 is 5.73 Å². The molecule has 0 radical (unpaired) electrons. The van der Waals surface area contributed by atoms with E-state index >= 15 is 0 Å². The first-order valence-electron chi connectivity index (χ1n) is 3.01. The van der Waals surface area contributed by atoms with Crippen molar-refractivity contribution in [2.24, 2.45) is 0 Å². The Hall–Kier alpha value is -0.830. The molecule has 0 aliphatic carbocycles. The van der Waals surface area contributed by atoms with Gasteiger partial charge in [-0.1, -0.05) is 18.5 Å². The molecule has 1 heterocycles. The Bertz CT molecular complexity index is 236. The molecule has 10 heavy (non-hydrogen) atoms. The summed E-state index contributed by atoms with van der Waals surface area (Å²) in [4.78, 5) is 7.80. The molecule has 4 heteroatoms. The third-order valence-corrected chi connectivity index (χ3v) is 1.36. The minimum absolute atomic E-state index is 0.394. The van der Waals surface area contributed by atoms with E-state index in [0.717, 1.165) is 12.1 Å². The zero-order valence-corrected chi connectivity index (χ0v) is 6.39. The lowest BCUT2D eigenvalue weighted by Gasteiger charge is -1.98. The van der Waals surface area contributed by atoms with E-state index in [1.54, 1.807) is 0 Å². The van der Waals surface area contributed by atoms with Gasteiger partial charge in [-0.25, -0.2) is 9.97 Å². The number of nitrogen functional groups attached to an aromatic ring is 1. The maximum absolute atomic E-state index is 5.57. The number of halogens is 1. The van der Waals surface area contributed by atoms with Gasteiger partial charge in [-0.3, -0.25) is 0 Å². The second kappa shape index (κ2) is 2.84. The third kappa shape index (κ3) is 1.36. The van der Waals surface area contributed by atoms with Crippen LogP contribution in [0.1, 0.15) is 12.6 Å². The SMILES string of the molecule is CCc1nc(Cl)cnc1N. The molecule has 1 rings (SSSR count). The van der Waals surface area contributed by atoms with Crippen molar-refractivity contribution in [2.45, 2.75) is 13.3 Å². The van der Waals surface area contributed by atoms with Crippen molar-refractivity contribution in [3.63, 3.8) is 0 Å². The van der Waals surface area contributed by atoms with Crippen molar-refractivity contribution in [3.8, 4) is 0 Å². The van der Waals surface area contributed by atoms with Crippen LogP contribution in [0, 0.1) is 0 Å². The van der Waals surface area contributed by atoms with Crippen LogP contribution >= 0.6 is 11.6 Å². The molecule has 0 saturated carbocycles. The highest BCUT2D eigenvalue weighted by molar-refractivity contribution is 6.29. The first-order chi connectivity index (χ1) is 4.74. The summed E-state index contributed by atoms with van der Waals surface area (Å²) < 4.78 is 0. The summed E-state index contributed by atoms with van der Waals surface area (Å²) in [5.41, 5.74) is 6.22. The molecule has 0 saturated heterocycles. The Kier molecular flexibility index (Phi) is 2.06. The monoisotopic (exact) mass is 157 g/mol. The van der Waals surface area contributed by atoms with Crippen LogP contribution in [-0.2, 0) is 6.42 Å². The van der Waals surface area contributed by atoms with E-state index in [1.807, 2.05) is 6.92 Å². The average Bonchev–Trinajstić information content (AvgIpc) is 1.94. The van der Waals surface area contributed by atoms with Gasteiger partial charge in [0.05, 0.1) is 11.9 Å². The van der Waals surface area contributed by atoms with E-state index in [0.29, 0.717) is 11.0 Å². The highest BCUT2D eigenvalue weighted by Gasteiger charge is 1.98. The number of aromatic nitrogens is 2. The molecule has 0 aromatic carbocycles. The molecular formula is C6H8ClN3. The molecule has 0 unspecified atom stereocenters. The highest BCUT2D eigenvalue weighted by atomic mass is 35.5. The first-order valence-corrected chi connectivity index (χ1v) is 3.38. The topological polar surface area (TPSA) is 51.8 Å². The molecule has 0 atom stereocenters. The normalized spacial score (nSPS) is 9.80. The molecule has 3 nitrogen and oxygen atoms in total. The van der Waals surface area contributed by atoms with Crippen molar-refractivity contribution in [2.75, 3.05) is 5.73 Å². The van der Waals surface area contributed by atoms with E-state index < -0.39 is 0 Å². The van der Waals surface area contributed by atoms with Gasteiger partial charge in [0.25, 0.3) is 0 Å². The average molecular weight is 158 g/mol. The summed E-state index contributed by atoms with van der Waals surface area (Å²) in [5, 5.41) is 0.394. The van der Waals surface area contributed by atoms with E-state index in [1.165, 1.54) is 6.20 Å². The highest BCUT2D eigenvalue weighted by Crippen LogP contribution is 2.09. The Morgan fingerprint density at radius 3 is 2.90 bits per heavy atom. The summed E-state index contributed by atoms with van der Waals surface area (Å²) in [6, 6.07) is 0. The lowest BCUT2D eigenvalue weighted by molar-refractivity contribution is 1.01. The number of aryl methyl sites for hydroxylation is 1. The molecule has 1 aromatic heterocycles. The fourth-order valence-electron chi connectivity index (χ4n) is 0.673. The second-order valence-electron chi connectivity index (χ2n) is 1.88. The molecule has 0 aliphatic heterocycles. The van der Waals surface area contributed by atoms with Crippen LogP contribution in [0.15, 0.2) is 6.20 Å². The van der Waals surface area contributed by atoms with Crippen molar-refractivity contribution < 1.29 is 0 Å². The summed E-state index contributed by atoms with van der Waals surface area (Å²) in [5.74, 6) is 0.465. The van der Waals surface area contributed by atoms with Crippen molar-refractivity contribution in [3.05, 3.63) is 17.0 Å². The van der Waals surface area contributed by atoms with Gasteiger partial charge in [-0.15, -0.1) is 0 Å². The molecule has 0 fully saturated rings. The fourth-order valence-corrected chi connectivity index (χ4v) is 0.823. The quantitative estimate of drug-likeness (QED) is 0.668. The van der Waals surface area contributed by atoms with Crippen LogP contribution in [0.25, 0.3) is 0 Å². The van der Waals surface area contributed by atoms with Crippen LogP contribution in [0.3, 0.4) is 0 Å². The molecule has 0 aliphatic rings. The van der Waals surface area contributed by atoms with Gasteiger partial charge in [-0.05, 0) is 6.42 Å². The minimum atomic E-state index is 0.394. The fraction of sp³-hybridized carbons (Fsp3) is 0.333. The van der Waals surface area contributed by atoms with Crippen molar-refractivity contribution in [1.82, 2.24) is 9.97 Å². The van der Waals surface area contributed by atoms with Gasteiger partial charge in [-0.2, -0.15) is 0 Å². The predicted octanol–water partition coefficient (Wildman–Crippen LogP) is 1.27. The molecule has 0 spiro atoms. The number of anilines is 1. The van der Waals surface area contributed by atoms with E-state index in [4.69, 9.17) is 17.3 Å². The summed E-state index contributed by atoms with van der Waals surface area (Å²) >= 11 is 5.57. The van der Waals surface area contributed by atoms with Gasteiger partial charge in [0.15, 0.2) is 0 Å². The van der Waals surface area contributed by atoms with Crippen LogP contribution in [0.2, 0.25) is 5.15 Å². The Labute approximate surface area is 64.2 Å². The molecular weight excluding hydrogens is 150 g/mol. The van der Waals surface area contributed by atoms with Crippen LogP contribution in [-0.4, -0.2) is 9.97 Å². The van der Waals surface area contributed by atoms with E-state index in [-0.39, 0.29) is 0 Å². The van der Waals surface area contributed by atoms with Gasteiger partial charge >= 0.3 is 0 Å². The zero-order chi connectivity index (χ0) is 7.56. The smallest absolute Gasteiger partial charge is 0.147 e. The zero-order valence-electron chi connectivity index (χ0n) is 5.63. The lowest BCUT2D eigenvalue weighted by atomic mass is 10.3. The summed E-state index contributed by atoms with van der Waals surface area (Å²) in [6.45, 7) is 1.96. The van der Waals surface area contributed by atoms with Crippen molar-refractivity contribution >= 4 is 17.4 Å². The number of hydrogen-bond donors (Lipinski definition) is 1. The summed E-state index contributed by atoms with van der Waals surface area (Å²) in [7, 11) is 0. The maximum Gasteiger partial charge on any atom is 0.147 e. The van der Waals surface area contributed by atoms with Crippen LogP contribution in [0.4, 0.5) is 5.82 Å². The number of hydrogen-bond acceptors (Lipinski definition) is 3. The van der Waals surface area contributed by atoms with Gasteiger partial charge in [0.2, 0.25) is 0 Å². The number of nitrogens with zero attached hydrogens (tertiary/aromatic N) is 2. The predicted molar refractivity (Wildman–Crippen MR) is 40.8 cm³/mol. The third-order valence-electron chi connectivity index (χ3n) is 1.18. The Morgan fingerprint density at radius 1 is 1.70 bits per heavy atom. The van der Waals surface area contributed by atoms with E-state index in [2.05, 4.69) is 9.97 Å². The summed E-state index contributed by atoms with van der Waals surface area (Å²) in [6.07, 6.45) is 2.20. The standard InChI is InChI=1S/C6H8ClN3/c1-2-4-6(8)9-3-5(7)10-4/h3H,2H2,1H3,(H2,8,9). The number of nitrogens with two attached hydrogens (primary N) is 1. The minimum Gasteiger partial charge on any atom is -0.382 e. The van der Waals surface area contributed by atoms with Gasteiger partial charge in [0, 0.05) is 0 Å². The molecule has 0 amide bonds. The first kappa shape index (κ1) is 7.28. The molecule has 2 N–H and O–H groups in total. The maximum atomic E-state index is 5.57. The van der Waals surface area contributed by atoms with Crippen molar-refractivity contribution in [1.29, 1.82) is 0 Å². The van der Waals surface area contributed by atoms with Crippen LogP contribution in [0.5, 0.6) is 0 Å². The molecule has 0 bridgehead atoms. The van der Waals surface area contributed by atoms with Crippen LogP contribution < -0.4 is 5.73 Å². The largest absolute Gasteiger partial charge is 0.382 e. The van der Waals surface area contributed by atoms with Gasteiger partial charge in [0.1, 0.15) is 11.0 Å². The number of rotatable bonds is 1. The Morgan fingerprint density at radius 2 is 2.40 bits per heavy atom. The second-order valence-corrected chi connectivity index (χ2v) is 2.27. The Balaban J connectivity index is 3.09. The molecule has 1 aromatic rings.